The third-order valence-electron chi connectivity index (χ3n) is 4.46. The van der Waals surface area contributed by atoms with Crippen LogP contribution in [0.3, 0.4) is 0 Å². The van der Waals surface area contributed by atoms with Gasteiger partial charge in [-0.3, -0.25) is 9.59 Å². The van der Waals surface area contributed by atoms with Crippen LogP contribution >= 0.6 is 23.2 Å². The molecule has 136 valence electrons. The van der Waals surface area contributed by atoms with Crippen LogP contribution in [0.4, 0.5) is 5.69 Å². The molecule has 1 atom stereocenters. The Kier molecular flexibility index (Phi) is 5.39. The van der Waals surface area contributed by atoms with Gasteiger partial charge in [0, 0.05) is 18.7 Å². The van der Waals surface area contributed by atoms with Crippen molar-refractivity contribution in [2.24, 2.45) is 0 Å². The van der Waals surface area contributed by atoms with Gasteiger partial charge < -0.3 is 14.5 Å². The summed E-state index contributed by atoms with van der Waals surface area (Å²) in [4.78, 5) is 28.9. The maximum atomic E-state index is 12.9. The Bertz CT molecular complexity index is 856. The fourth-order valence-electron chi connectivity index (χ4n) is 3.03. The largest absolute Gasteiger partial charge is 0.495 e. The number of hydrogen-bond donors (Lipinski definition) is 0. The van der Waals surface area contributed by atoms with Crippen LogP contribution < -0.4 is 9.64 Å². The molecule has 3 rings (SSSR count). The Labute approximate surface area is 162 Å². The number of halogens is 2. The van der Waals surface area contributed by atoms with Crippen molar-refractivity contribution in [3.8, 4) is 5.75 Å². The molecule has 2 amide bonds. The molecule has 0 bridgehead atoms. The molecule has 0 saturated carbocycles. The van der Waals surface area contributed by atoms with E-state index in [4.69, 9.17) is 27.9 Å². The fourth-order valence-corrected chi connectivity index (χ4v) is 3.33. The second-order valence-electron chi connectivity index (χ2n) is 5.97. The first-order valence-corrected chi connectivity index (χ1v) is 8.90. The molecular weight excluding hydrogens is 375 g/mol. The Morgan fingerprint density at radius 2 is 1.85 bits per heavy atom. The molecule has 0 radical (unpaired) electrons. The zero-order valence-corrected chi connectivity index (χ0v) is 15.9. The normalized spacial score (nSPS) is 17.4. The van der Waals surface area contributed by atoms with E-state index >= 15 is 0 Å². The van der Waals surface area contributed by atoms with E-state index in [1.807, 2.05) is 18.2 Å². The number of methoxy groups -OCH3 is 1. The van der Waals surface area contributed by atoms with Gasteiger partial charge in [0.15, 0.2) is 0 Å². The average molecular weight is 393 g/mol. The quantitative estimate of drug-likeness (QED) is 0.796. The molecule has 1 saturated heterocycles. The molecule has 0 unspecified atom stereocenters. The number of nitrogens with zero attached hydrogens (tertiary/aromatic N) is 2. The standard InChI is InChI=1S/C19H18Cl2N2O3/c1-12-18(24)23(16-5-3-4-6-17(16)26-2)10-9-22(12)19(25)13-7-8-14(20)15(21)11-13/h3-8,11-12H,9-10H2,1-2H3/t12-/m0/s1. The second-order valence-corrected chi connectivity index (χ2v) is 6.78. The lowest BCUT2D eigenvalue weighted by molar-refractivity contribution is -0.124. The zero-order valence-electron chi connectivity index (χ0n) is 14.4. The molecule has 1 fully saturated rings. The third kappa shape index (κ3) is 3.37. The summed E-state index contributed by atoms with van der Waals surface area (Å²) in [6.07, 6.45) is 0. The highest BCUT2D eigenvalue weighted by molar-refractivity contribution is 6.42. The van der Waals surface area contributed by atoms with Crippen molar-refractivity contribution in [3.05, 3.63) is 58.1 Å². The van der Waals surface area contributed by atoms with Crippen molar-refractivity contribution < 1.29 is 14.3 Å². The number of amides is 2. The summed E-state index contributed by atoms with van der Waals surface area (Å²) in [5, 5.41) is 0.692. The van der Waals surface area contributed by atoms with Gasteiger partial charge in [0.25, 0.3) is 5.91 Å². The molecule has 1 aliphatic heterocycles. The summed E-state index contributed by atoms with van der Waals surface area (Å²) >= 11 is 11.9. The Morgan fingerprint density at radius 1 is 1.12 bits per heavy atom. The van der Waals surface area contributed by atoms with Crippen molar-refractivity contribution in [1.29, 1.82) is 0 Å². The molecule has 0 aromatic heterocycles. The molecule has 0 N–H and O–H groups in total. The maximum Gasteiger partial charge on any atom is 0.254 e. The van der Waals surface area contributed by atoms with Crippen LogP contribution in [0.1, 0.15) is 17.3 Å². The monoisotopic (exact) mass is 392 g/mol. The maximum absolute atomic E-state index is 12.9. The minimum Gasteiger partial charge on any atom is -0.495 e. The van der Waals surface area contributed by atoms with E-state index < -0.39 is 6.04 Å². The summed E-state index contributed by atoms with van der Waals surface area (Å²) in [5.41, 5.74) is 1.11. The molecule has 2 aromatic rings. The highest BCUT2D eigenvalue weighted by atomic mass is 35.5. The summed E-state index contributed by atoms with van der Waals surface area (Å²) in [6, 6.07) is 11.4. The van der Waals surface area contributed by atoms with Crippen LogP contribution in [-0.2, 0) is 4.79 Å². The van der Waals surface area contributed by atoms with Crippen LogP contribution in [0, 0.1) is 0 Å². The van der Waals surface area contributed by atoms with Crippen molar-refractivity contribution in [2.45, 2.75) is 13.0 Å². The van der Waals surface area contributed by atoms with Gasteiger partial charge in [-0.1, -0.05) is 35.3 Å². The van der Waals surface area contributed by atoms with Gasteiger partial charge in [0.2, 0.25) is 5.91 Å². The van der Waals surface area contributed by atoms with Crippen LogP contribution in [0.15, 0.2) is 42.5 Å². The molecule has 7 heteroatoms. The number of para-hydroxylation sites is 2. The van der Waals surface area contributed by atoms with E-state index in [9.17, 15) is 9.59 Å². The predicted octanol–water partition coefficient (Wildman–Crippen LogP) is 3.88. The number of carbonyl (C=O) groups is 2. The first-order valence-electron chi connectivity index (χ1n) is 8.14. The number of ether oxygens (including phenoxy) is 1. The van der Waals surface area contributed by atoms with Crippen molar-refractivity contribution >= 4 is 40.7 Å². The minimum absolute atomic E-state index is 0.158. The van der Waals surface area contributed by atoms with E-state index in [2.05, 4.69) is 0 Å². The van der Waals surface area contributed by atoms with Gasteiger partial charge in [-0.15, -0.1) is 0 Å². The highest BCUT2D eigenvalue weighted by Gasteiger charge is 2.36. The van der Waals surface area contributed by atoms with Gasteiger partial charge in [-0.25, -0.2) is 0 Å². The molecule has 1 heterocycles. The predicted molar refractivity (Wildman–Crippen MR) is 102 cm³/mol. The van der Waals surface area contributed by atoms with Gasteiger partial charge in [0.05, 0.1) is 22.8 Å². The van der Waals surface area contributed by atoms with Crippen molar-refractivity contribution in [3.63, 3.8) is 0 Å². The Morgan fingerprint density at radius 3 is 2.54 bits per heavy atom. The molecule has 26 heavy (non-hydrogen) atoms. The second kappa shape index (κ2) is 7.56. The van der Waals surface area contributed by atoms with E-state index in [1.54, 1.807) is 42.0 Å². The van der Waals surface area contributed by atoms with E-state index in [0.29, 0.717) is 40.1 Å². The van der Waals surface area contributed by atoms with E-state index in [1.165, 1.54) is 6.07 Å². The van der Waals surface area contributed by atoms with Gasteiger partial charge in [-0.2, -0.15) is 0 Å². The lowest BCUT2D eigenvalue weighted by Crippen LogP contribution is -2.57. The zero-order chi connectivity index (χ0) is 18.8. The average Bonchev–Trinajstić information content (AvgIpc) is 2.65. The van der Waals surface area contributed by atoms with Gasteiger partial charge in [0.1, 0.15) is 11.8 Å². The molecule has 5 nitrogen and oxygen atoms in total. The van der Waals surface area contributed by atoms with Crippen LogP contribution in [0.5, 0.6) is 5.75 Å². The van der Waals surface area contributed by atoms with Crippen molar-refractivity contribution in [2.75, 3.05) is 25.1 Å². The lowest BCUT2D eigenvalue weighted by atomic mass is 10.1. The summed E-state index contributed by atoms with van der Waals surface area (Å²) in [6.45, 7) is 2.51. The van der Waals surface area contributed by atoms with Crippen LogP contribution in [-0.4, -0.2) is 43.0 Å². The Hall–Kier alpha value is -2.24. The molecule has 0 spiro atoms. The molecule has 2 aromatic carbocycles. The Balaban J connectivity index is 1.83. The molecule has 0 aliphatic carbocycles. The van der Waals surface area contributed by atoms with Gasteiger partial charge >= 0.3 is 0 Å². The SMILES string of the molecule is COc1ccccc1N1CCN(C(=O)c2ccc(Cl)c(Cl)c2)[C@@H](C)C1=O. The van der Waals surface area contributed by atoms with E-state index in [0.717, 1.165) is 0 Å². The first-order chi connectivity index (χ1) is 12.4. The van der Waals surface area contributed by atoms with Crippen LogP contribution in [0.2, 0.25) is 10.0 Å². The minimum atomic E-state index is -0.601. The van der Waals surface area contributed by atoms with Crippen LogP contribution in [0.25, 0.3) is 0 Å². The summed E-state index contributed by atoms with van der Waals surface area (Å²) < 4.78 is 5.35. The topological polar surface area (TPSA) is 49.9 Å². The van der Waals surface area contributed by atoms with Crippen molar-refractivity contribution in [1.82, 2.24) is 4.90 Å². The molecular formula is C19H18Cl2N2O3. The first kappa shape index (κ1) is 18.5. The lowest BCUT2D eigenvalue weighted by Gasteiger charge is -2.39. The highest BCUT2D eigenvalue weighted by Crippen LogP contribution is 2.31. The van der Waals surface area contributed by atoms with E-state index in [-0.39, 0.29) is 11.8 Å². The fraction of sp³-hybridized carbons (Fsp3) is 0.263. The third-order valence-corrected chi connectivity index (χ3v) is 5.20. The molecule has 1 aliphatic rings. The number of benzene rings is 2. The summed E-state index contributed by atoms with van der Waals surface area (Å²) in [7, 11) is 1.57. The number of piperazine rings is 1. The number of carbonyl (C=O) groups excluding carboxylic acids is 2. The number of hydrogen-bond acceptors (Lipinski definition) is 3. The number of rotatable bonds is 3. The number of anilines is 1. The summed E-state index contributed by atoms with van der Waals surface area (Å²) in [5.74, 6) is 0.218. The smallest absolute Gasteiger partial charge is 0.254 e. The van der Waals surface area contributed by atoms with Gasteiger partial charge in [-0.05, 0) is 37.3 Å².